The number of carbonyl (C=O) groups excluding carboxylic acids is 1. The third-order valence-corrected chi connectivity index (χ3v) is 4.56. The highest BCUT2D eigenvalue weighted by Gasteiger charge is 2.33. The second-order valence-electron chi connectivity index (χ2n) is 5.97. The van der Waals surface area contributed by atoms with Gasteiger partial charge in [-0.1, -0.05) is 19.3 Å². The molecule has 0 aliphatic heterocycles. The van der Waals surface area contributed by atoms with E-state index < -0.39 is 0 Å². The van der Waals surface area contributed by atoms with Crippen LogP contribution in [-0.2, 0) is 0 Å². The zero-order valence-electron chi connectivity index (χ0n) is 13.0. The predicted octanol–water partition coefficient (Wildman–Crippen LogP) is 3.19. The predicted molar refractivity (Wildman–Crippen MR) is 83.1 cm³/mol. The molecular formula is C17H25NO3. The molecule has 1 aromatic carbocycles. The largest absolute Gasteiger partial charge is 0.497 e. The molecule has 2 rings (SSSR count). The topological polar surface area (TPSA) is 61.5 Å². The van der Waals surface area contributed by atoms with Gasteiger partial charge in [0.1, 0.15) is 11.5 Å². The summed E-state index contributed by atoms with van der Waals surface area (Å²) in [4.78, 5) is 12.6. The van der Waals surface area contributed by atoms with Crippen molar-refractivity contribution in [2.75, 3.05) is 20.8 Å². The van der Waals surface area contributed by atoms with E-state index in [0.717, 1.165) is 12.8 Å². The molecule has 0 radical (unpaired) electrons. The number of nitrogens with two attached hydrogens (primary N) is 1. The molecule has 4 heteroatoms. The van der Waals surface area contributed by atoms with E-state index in [9.17, 15) is 4.79 Å². The molecule has 0 saturated heterocycles. The Kier molecular flexibility index (Phi) is 5.23. The first-order chi connectivity index (χ1) is 10.1. The Morgan fingerprint density at radius 3 is 2.14 bits per heavy atom. The highest BCUT2D eigenvalue weighted by molar-refractivity contribution is 5.97. The minimum absolute atomic E-state index is 0.0222. The lowest BCUT2D eigenvalue weighted by molar-refractivity contribution is 0.0867. The van der Waals surface area contributed by atoms with E-state index in [2.05, 4.69) is 0 Å². The maximum atomic E-state index is 12.6. The van der Waals surface area contributed by atoms with Crippen LogP contribution in [0.4, 0.5) is 0 Å². The zero-order chi connectivity index (χ0) is 15.3. The molecule has 116 valence electrons. The summed E-state index contributed by atoms with van der Waals surface area (Å²) < 4.78 is 10.5. The molecule has 2 N–H and O–H groups in total. The van der Waals surface area contributed by atoms with Crippen molar-refractivity contribution in [3.05, 3.63) is 23.8 Å². The average molecular weight is 291 g/mol. The van der Waals surface area contributed by atoms with Crippen LogP contribution in [0.15, 0.2) is 18.2 Å². The van der Waals surface area contributed by atoms with Crippen molar-refractivity contribution in [1.29, 1.82) is 0 Å². The van der Waals surface area contributed by atoms with E-state index in [1.54, 1.807) is 32.4 Å². The smallest absolute Gasteiger partial charge is 0.163 e. The van der Waals surface area contributed by atoms with Crippen LogP contribution in [-0.4, -0.2) is 26.5 Å². The number of benzene rings is 1. The first-order valence-corrected chi connectivity index (χ1v) is 7.59. The quantitative estimate of drug-likeness (QED) is 0.818. The molecule has 1 aliphatic carbocycles. The maximum absolute atomic E-state index is 12.6. The van der Waals surface area contributed by atoms with Gasteiger partial charge in [0.15, 0.2) is 5.78 Å². The number of hydrogen-bond donors (Lipinski definition) is 1. The number of ether oxygens (including phenoxy) is 2. The number of hydrogen-bond acceptors (Lipinski definition) is 4. The Bertz CT molecular complexity index is 471. The molecular weight excluding hydrogens is 266 g/mol. The van der Waals surface area contributed by atoms with E-state index in [-0.39, 0.29) is 11.2 Å². The summed E-state index contributed by atoms with van der Waals surface area (Å²) in [6.45, 7) is 0.583. The fourth-order valence-corrected chi connectivity index (χ4v) is 3.17. The Hall–Kier alpha value is -1.55. The van der Waals surface area contributed by atoms with Crippen LogP contribution in [0.2, 0.25) is 0 Å². The van der Waals surface area contributed by atoms with Crippen molar-refractivity contribution in [2.24, 2.45) is 11.1 Å². The Morgan fingerprint density at radius 2 is 1.67 bits per heavy atom. The van der Waals surface area contributed by atoms with Gasteiger partial charge in [-0.05, 0) is 36.9 Å². The first-order valence-electron chi connectivity index (χ1n) is 7.59. The Morgan fingerprint density at radius 1 is 1.10 bits per heavy atom. The fourth-order valence-electron chi connectivity index (χ4n) is 3.17. The van der Waals surface area contributed by atoms with Crippen molar-refractivity contribution in [2.45, 2.75) is 38.5 Å². The molecule has 0 amide bonds. The molecule has 1 fully saturated rings. The van der Waals surface area contributed by atoms with Crippen molar-refractivity contribution in [3.8, 4) is 11.5 Å². The van der Waals surface area contributed by atoms with Gasteiger partial charge in [-0.25, -0.2) is 0 Å². The van der Waals surface area contributed by atoms with Crippen molar-refractivity contribution in [1.82, 2.24) is 0 Å². The minimum Gasteiger partial charge on any atom is -0.497 e. The van der Waals surface area contributed by atoms with E-state index in [4.69, 9.17) is 15.2 Å². The van der Waals surface area contributed by atoms with Crippen LogP contribution in [0.1, 0.15) is 48.9 Å². The van der Waals surface area contributed by atoms with Gasteiger partial charge in [0.25, 0.3) is 0 Å². The highest BCUT2D eigenvalue weighted by Crippen LogP contribution is 2.39. The summed E-state index contributed by atoms with van der Waals surface area (Å²) in [5.74, 6) is 1.41. The second kappa shape index (κ2) is 6.94. The van der Waals surface area contributed by atoms with E-state index in [1.165, 1.54) is 19.3 Å². The monoisotopic (exact) mass is 291 g/mol. The number of ketones is 1. The fraction of sp³-hybridized carbons (Fsp3) is 0.588. The van der Waals surface area contributed by atoms with E-state index in [0.29, 0.717) is 30.0 Å². The minimum atomic E-state index is -0.0222. The summed E-state index contributed by atoms with van der Waals surface area (Å²) in [6, 6.07) is 5.33. The summed E-state index contributed by atoms with van der Waals surface area (Å²) in [5, 5.41) is 0. The molecule has 1 aromatic rings. The van der Waals surface area contributed by atoms with Crippen LogP contribution >= 0.6 is 0 Å². The van der Waals surface area contributed by atoms with Gasteiger partial charge in [0.05, 0.1) is 14.2 Å². The number of Topliss-reactive ketones (excluding diaryl/α,β-unsaturated/α-hetero) is 1. The lowest BCUT2D eigenvalue weighted by Crippen LogP contribution is -2.35. The summed E-state index contributed by atoms with van der Waals surface area (Å²) in [7, 11) is 3.18. The summed E-state index contributed by atoms with van der Waals surface area (Å²) in [6.07, 6.45) is 6.22. The lowest BCUT2D eigenvalue weighted by atomic mass is 9.70. The number of rotatable bonds is 6. The van der Waals surface area contributed by atoms with Crippen LogP contribution < -0.4 is 15.2 Å². The Labute approximate surface area is 126 Å². The molecule has 0 heterocycles. The van der Waals surface area contributed by atoms with E-state index >= 15 is 0 Å². The molecule has 21 heavy (non-hydrogen) atoms. The van der Waals surface area contributed by atoms with Crippen LogP contribution in [0.5, 0.6) is 11.5 Å². The molecule has 0 spiro atoms. The molecule has 0 aromatic heterocycles. The average Bonchev–Trinajstić information content (AvgIpc) is 2.55. The number of methoxy groups -OCH3 is 2. The van der Waals surface area contributed by atoms with E-state index in [1.807, 2.05) is 0 Å². The van der Waals surface area contributed by atoms with Gasteiger partial charge in [-0.3, -0.25) is 4.79 Å². The third-order valence-electron chi connectivity index (χ3n) is 4.56. The maximum Gasteiger partial charge on any atom is 0.163 e. The van der Waals surface area contributed by atoms with Gasteiger partial charge < -0.3 is 15.2 Å². The molecule has 4 nitrogen and oxygen atoms in total. The van der Waals surface area contributed by atoms with Crippen LogP contribution in [0.25, 0.3) is 0 Å². The van der Waals surface area contributed by atoms with Crippen molar-refractivity contribution >= 4 is 5.78 Å². The molecule has 0 bridgehead atoms. The highest BCUT2D eigenvalue weighted by atomic mass is 16.5. The first kappa shape index (κ1) is 15.8. The second-order valence-corrected chi connectivity index (χ2v) is 5.97. The van der Waals surface area contributed by atoms with Crippen LogP contribution in [0, 0.1) is 5.41 Å². The molecule has 0 unspecified atom stereocenters. The van der Waals surface area contributed by atoms with Crippen LogP contribution in [0.3, 0.4) is 0 Å². The Balaban J connectivity index is 2.19. The van der Waals surface area contributed by atoms with Gasteiger partial charge in [-0.2, -0.15) is 0 Å². The normalized spacial score (nSPS) is 17.3. The SMILES string of the molecule is COc1cc(OC)cc(C(=O)CC2(CN)CCCCC2)c1. The summed E-state index contributed by atoms with van der Waals surface area (Å²) in [5.41, 5.74) is 6.60. The van der Waals surface area contributed by atoms with Crippen molar-refractivity contribution < 1.29 is 14.3 Å². The van der Waals surface area contributed by atoms with Gasteiger partial charge in [0, 0.05) is 18.1 Å². The zero-order valence-corrected chi connectivity index (χ0v) is 13.0. The van der Waals surface area contributed by atoms with Gasteiger partial charge >= 0.3 is 0 Å². The standard InChI is InChI=1S/C17H25NO3/c1-20-14-8-13(9-15(10-14)21-2)16(19)11-17(12-18)6-4-3-5-7-17/h8-10H,3-7,11-12,18H2,1-2H3. The van der Waals surface area contributed by atoms with Crippen molar-refractivity contribution in [3.63, 3.8) is 0 Å². The number of carbonyl (C=O) groups is 1. The molecule has 0 atom stereocenters. The van der Waals surface area contributed by atoms with Gasteiger partial charge in [-0.15, -0.1) is 0 Å². The lowest BCUT2D eigenvalue weighted by Gasteiger charge is -2.35. The summed E-state index contributed by atoms with van der Waals surface area (Å²) >= 11 is 0. The third kappa shape index (κ3) is 3.76. The molecule has 1 saturated carbocycles. The molecule has 1 aliphatic rings. The van der Waals surface area contributed by atoms with Gasteiger partial charge in [0.2, 0.25) is 0 Å².